The van der Waals surface area contributed by atoms with E-state index in [0.29, 0.717) is 13.1 Å². The van der Waals surface area contributed by atoms with Gasteiger partial charge in [-0.25, -0.2) is 4.39 Å². The first kappa shape index (κ1) is 14.9. The minimum absolute atomic E-state index is 0.0986. The summed E-state index contributed by atoms with van der Waals surface area (Å²) in [6.07, 6.45) is 0. The molecule has 18 heavy (non-hydrogen) atoms. The van der Waals surface area contributed by atoms with Gasteiger partial charge in [-0.15, -0.1) is 0 Å². The predicted molar refractivity (Wildman–Crippen MR) is 68.9 cm³/mol. The zero-order valence-corrected chi connectivity index (χ0v) is 11.5. The number of ether oxygens (including phenoxy) is 1. The van der Waals surface area contributed by atoms with Crippen LogP contribution in [-0.4, -0.2) is 19.6 Å². The van der Waals surface area contributed by atoms with E-state index in [-0.39, 0.29) is 11.0 Å². The maximum Gasteiger partial charge on any atom is 0.312 e. The second-order valence-corrected chi connectivity index (χ2v) is 5.13. The number of carbonyl (C=O) groups excluding carboxylic acids is 1. The van der Waals surface area contributed by atoms with Crippen LogP contribution in [0.3, 0.4) is 0 Å². The molecule has 0 fully saturated rings. The Hall–Kier alpha value is -1.13. The zero-order chi connectivity index (χ0) is 13.8. The van der Waals surface area contributed by atoms with E-state index in [1.54, 1.807) is 26.0 Å². The molecule has 0 bridgehead atoms. The minimum Gasteiger partial charge on any atom is -0.469 e. The van der Waals surface area contributed by atoms with E-state index in [4.69, 9.17) is 16.3 Å². The summed E-state index contributed by atoms with van der Waals surface area (Å²) in [4.78, 5) is 11.4. The van der Waals surface area contributed by atoms with Crippen molar-refractivity contribution in [3.63, 3.8) is 0 Å². The molecule has 0 saturated heterocycles. The van der Waals surface area contributed by atoms with Crippen molar-refractivity contribution < 1.29 is 13.9 Å². The summed E-state index contributed by atoms with van der Waals surface area (Å²) in [6, 6.07) is 4.54. The third-order valence-electron chi connectivity index (χ3n) is 2.62. The van der Waals surface area contributed by atoms with Crippen molar-refractivity contribution in [1.82, 2.24) is 5.32 Å². The second kappa shape index (κ2) is 6.16. The molecule has 0 amide bonds. The Morgan fingerprint density at radius 1 is 1.50 bits per heavy atom. The molecular weight excluding hydrogens is 257 g/mol. The highest BCUT2D eigenvalue weighted by Crippen LogP contribution is 2.17. The lowest BCUT2D eigenvalue weighted by Gasteiger charge is -2.21. The van der Waals surface area contributed by atoms with Crippen molar-refractivity contribution in [2.24, 2.45) is 5.41 Å². The number of esters is 1. The zero-order valence-electron chi connectivity index (χ0n) is 10.7. The molecule has 1 rings (SSSR count). The molecule has 0 radical (unpaired) electrons. The number of nitrogens with one attached hydrogen (secondary N) is 1. The van der Waals surface area contributed by atoms with Crippen LogP contribution in [0.2, 0.25) is 5.02 Å². The highest BCUT2D eigenvalue weighted by molar-refractivity contribution is 6.30. The monoisotopic (exact) mass is 273 g/mol. The van der Waals surface area contributed by atoms with Gasteiger partial charge >= 0.3 is 5.97 Å². The Morgan fingerprint density at radius 3 is 2.72 bits per heavy atom. The fraction of sp³-hybridized carbons (Fsp3) is 0.462. The van der Waals surface area contributed by atoms with Crippen LogP contribution in [0.4, 0.5) is 4.39 Å². The van der Waals surface area contributed by atoms with Crippen molar-refractivity contribution in [3.05, 3.63) is 34.6 Å². The van der Waals surface area contributed by atoms with E-state index in [1.165, 1.54) is 13.2 Å². The van der Waals surface area contributed by atoms with E-state index >= 15 is 0 Å². The van der Waals surface area contributed by atoms with E-state index in [0.717, 1.165) is 5.56 Å². The van der Waals surface area contributed by atoms with Crippen molar-refractivity contribution in [3.8, 4) is 0 Å². The maximum atomic E-state index is 12.9. The number of carbonyl (C=O) groups is 1. The van der Waals surface area contributed by atoms with Crippen LogP contribution in [0.5, 0.6) is 0 Å². The number of rotatable bonds is 5. The third kappa shape index (κ3) is 3.96. The smallest absolute Gasteiger partial charge is 0.312 e. The molecule has 0 heterocycles. The highest BCUT2D eigenvalue weighted by atomic mass is 35.5. The average molecular weight is 274 g/mol. The first-order valence-corrected chi connectivity index (χ1v) is 5.97. The number of benzene rings is 1. The predicted octanol–water partition coefficient (Wildman–Crippen LogP) is 2.77. The molecule has 0 aromatic heterocycles. The number of halogens is 2. The minimum atomic E-state index is -0.599. The SMILES string of the molecule is COC(=O)C(C)(C)CNCc1ccc(F)c(Cl)c1. The standard InChI is InChI=1S/C13H17ClFNO2/c1-13(2,12(17)18-3)8-16-7-9-4-5-11(15)10(14)6-9/h4-6,16H,7-8H2,1-3H3. The maximum absolute atomic E-state index is 12.9. The van der Waals surface area contributed by atoms with Crippen molar-refractivity contribution in [2.75, 3.05) is 13.7 Å². The number of hydrogen-bond donors (Lipinski definition) is 1. The summed E-state index contributed by atoms with van der Waals surface area (Å²) in [5.41, 5.74) is 0.264. The van der Waals surface area contributed by atoms with Crippen LogP contribution in [0.15, 0.2) is 18.2 Å². The van der Waals surface area contributed by atoms with E-state index in [2.05, 4.69) is 5.32 Å². The molecule has 100 valence electrons. The molecule has 1 aromatic rings. The first-order chi connectivity index (χ1) is 8.36. The molecule has 0 atom stereocenters. The van der Waals surface area contributed by atoms with Gasteiger partial charge in [0.1, 0.15) is 5.82 Å². The van der Waals surface area contributed by atoms with Gasteiger partial charge in [-0.1, -0.05) is 17.7 Å². The summed E-state index contributed by atoms with van der Waals surface area (Å²) < 4.78 is 17.7. The third-order valence-corrected chi connectivity index (χ3v) is 2.91. The summed E-state index contributed by atoms with van der Waals surface area (Å²) >= 11 is 5.68. The van der Waals surface area contributed by atoms with Gasteiger partial charge in [0.2, 0.25) is 0 Å². The van der Waals surface area contributed by atoms with Gasteiger partial charge in [-0.2, -0.15) is 0 Å². The van der Waals surface area contributed by atoms with Crippen LogP contribution in [0.25, 0.3) is 0 Å². The van der Waals surface area contributed by atoms with Crippen molar-refractivity contribution in [1.29, 1.82) is 0 Å². The fourth-order valence-corrected chi connectivity index (χ4v) is 1.72. The van der Waals surface area contributed by atoms with Gasteiger partial charge in [0.05, 0.1) is 17.5 Å². The van der Waals surface area contributed by atoms with Crippen LogP contribution >= 0.6 is 11.6 Å². The molecule has 1 N–H and O–H groups in total. The van der Waals surface area contributed by atoms with Gasteiger partial charge in [0.15, 0.2) is 0 Å². The molecule has 0 saturated carbocycles. The summed E-state index contributed by atoms with van der Waals surface area (Å²) in [5, 5.41) is 3.22. The Bertz CT molecular complexity index is 435. The molecule has 5 heteroatoms. The van der Waals surface area contributed by atoms with Gasteiger partial charge in [-0.05, 0) is 31.5 Å². The lowest BCUT2D eigenvalue weighted by atomic mass is 9.94. The van der Waals surface area contributed by atoms with E-state index in [9.17, 15) is 9.18 Å². The van der Waals surface area contributed by atoms with Gasteiger partial charge < -0.3 is 10.1 Å². The lowest BCUT2D eigenvalue weighted by Crippen LogP contribution is -2.36. The molecule has 3 nitrogen and oxygen atoms in total. The molecule has 0 unspecified atom stereocenters. The summed E-state index contributed by atoms with van der Waals surface area (Å²) in [7, 11) is 1.36. The Balaban J connectivity index is 2.51. The molecule has 0 aliphatic heterocycles. The van der Waals surface area contributed by atoms with Crippen LogP contribution in [0, 0.1) is 11.2 Å². The largest absolute Gasteiger partial charge is 0.469 e. The van der Waals surface area contributed by atoms with E-state index in [1.807, 2.05) is 0 Å². The average Bonchev–Trinajstić information content (AvgIpc) is 2.32. The van der Waals surface area contributed by atoms with Gasteiger partial charge in [-0.3, -0.25) is 4.79 Å². The Kier molecular flexibility index (Phi) is 5.11. The number of hydrogen-bond acceptors (Lipinski definition) is 3. The topological polar surface area (TPSA) is 38.3 Å². The van der Waals surface area contributed by atoms with Crippen molar-refractivity contribution >= 4 is 17.6 Å². The Labute approximate surface area is 111 Å². The summed E-state index contributed by atoms with van der Waals surface area (Å²) in [5.74, 6) is -0.706. The number of methoxy groups -OCH3 is 1. The Morgan fingerprint density at radius 2 is 2.17 bits per heavy atom. The molecule has 0 aliphatic rings. The van der Waals surface area contributed by atoms with Crippen LogP contribution in [0.1, 0.15) is 19.4 Å². The van der Waals surface area contributed by atoms with Gasteiger partial charge in [0.25, 0.3) is 0 Å². The lowest BCUT2D eigenvalue weighted by molar-refractivity contribution is -0.150. The molecular formula is C13H17ClFNO2. The first-order valence-electron chi connectivity index (χ1n) is 5.60. The van der Waals surface area contributed by atoms with E-state index < -0.39 is 11.2 Å². The van der Waals surface area contributed by atoms with Crippen molar-refractivity contribution in [2.45, 2.75) is 20.4 Å². The molecule has 1 aromatic carbocycles. The fourth-order valence-electron chi connectivity index (χ4n) is 1.52. The normalized spacial score (nSPS) is 11.4. The van der Waals surface area contributed by atoms with Crippen LogP contribution in [-0.2, 0) is 16.1 Å². The van der Waals surface area contributed by atoms with Gasteiger partial charge in [0, 0.05) is 13.1 Å². The summed E-state index contributed by atoms with van der Waals surface area (Å²) in [6.45, 7) is 4.57. The quantitative estimate of drug-likeness (QED) is 0.839. The molecule has 0 spiro atoms. The highest BCUT2D eigenvalue weighted by Gasteiger charge is 2.27. The second-order valence-electron chi connectivity index (χ2n) is 4.73. The van der Waals surface area contributed by atoms with Crippen LogP contribution < -0.4 is 5.32 Å². The molecule has 0 aliphatic carbocycles.